The second kappa shape index (κ2) is 10.3. The van der Waals surface area contributed by atoms with Gasteiger partial charge in [0, 0.05) is 11.1 Å². The molecule has 4 aromatic rings. The van der Waals surface area contributed by atoms with Crippen LogP contribution in [0.2, 0.25) is 0 Å². The Balaban J connectivity index is 1.32. The molecular formula is C31H27NO5. The van der Waals surface area contributed by atoms with E-state index in [1.807, 2.05) is 54.6 Å². The monoisotopic (exact) mass is 493 g/mol. The summed E-state index contributed by atoms with van der Waals surface area (Å²) < 4.78 is 11.2. The molecule has 5 rings (SSSR count). The molecule has 186 valence electrons. The Bertz CT molecular complexity index is 1420. The molecule has 1 heterocycles. The van der Waals surface area contributed by atoms with Gasteiger partial charge in [-0.25, -0.2) is 0 Å². The Morgan fingerprint density at radius 1 is 0.811 bits per heavy atom. The van der Waals surface area contributed by atoms with E-state index in [1.54, 1.807) is 55.6 Å². The minimum atomic E-state index is -1.95. The van der Waals surface area contributed by atoms with E-state index in [-0.39, 0.29) is 25.4 Å². The van der Waals surface area contributed by atoms with E-state index < -0.39 is 11.5 Å². The standard InChI is InChI=1S/C31H27NO5/c1-36-28-13-7-8-14-29(28)37-20-19-32-26-12-6-5-11-25(26)31(35,30(32)34)21-27(33)24-17-15-23(16-18-24)22-9-3-2-4-10-22/h2-18,35H,19-21H2,1H3/t31-/m1/s1. The minimum absolute atomic E-state index is 0.186. The lowest BCUT2D eigenvalue weighted by atomic mass is 9.88. The summed E-state index contributed by atoms with van der Waals surface area (Å²) in [5.41, 5.74) is 1.52. The summed E-state index contributed by atoms with van der Waals surface area (Å²) in [6, 6.07) is 31.4. The van der Waals surface area contributed by atoms with Gasteiger partial charge in [0.25, 0.3) is 5.91 Å². The Kier molecular flexibility index (Phi) is 6.75. The molecule has 1 amide bonds. The summed E-state index contributed by atoms with van der Waals surface area (Å²) in [4.78, 5) is 28.2. The molecule has 0 unspecified atom stereocenters. The van der Waals surface area contributed by atoms with Gasteiger partial charge in [-0.1, -0.05) is 84.9 Å². The largest absolute Gasteiger partial charge is 0.493 e. The molecule has 0 saturated heterocycles. The van der Waals surface area contributed by atoms with Crippen molar-refractivity contribution in [2.75, 3.05) is 25.2 Å². The fourth-order valence-corrected chi connectivity index (χ4v) is 4.70. The number of amides is 1. The Morgan fingerprint density at radius 3 is 2.16 bits per heavy atom. The number of carbonyl (C=O) groups excluding carboxylic acids is 2. The average Bonchev–Trinajstić information content (AvgIpc) is 3.15. The molecule has 0 saturated carbocycles. The number of ether oxygens (including phenoxy) is 2. The third-order valence-corrected chi connectivity index (χ3v) is 6.61. The number of hydrogen-bond donors (Lipinski definition) is 1. The summed E-state index contributed by atoms with van der Waals surface area (Å²) in [5, 5.41) is 11.6. The van der Waals surface area contributed by atoms with Gasteiger partial charge in [0.15, 0.2) is 22.9 Å². The van der Waals surface area contributed by atoms with Crippen LogP contribution >= 0.6 is 0 Å². The minimum Gasteiger partial charge on any atom is -0.493 e. The molecule has 1 N–H and O–H groups in total. The van der Waals surface area contributed by atoms with E-state index in [4.69, 9.17) is 9.47 Å². The summed E-state index contributed by atoms with van der Waals surface area (Å²) in [5.74, 6) is 0.314. The average molecular weight is 494 g/mol. The molecule has 0 fully saturated rings. The highest BCUT2D eigenvalue weighted by Gasteiger charge is 2.50. The molecular weight excluding hydrogens is 466 g/mol. The summed E-state index contributed by atoms with van der Waals surface area (Å²) in [7, 11) is 1.56. The number of carbonyl (C=O) groups is 2. The third-order valence-electron chi connectivity index (χ3n) is 6.61. The third kappa shape index (κ3) is 4.71. The number of methoxy groups -OCH3 is 1. The van der Waals surface area contributed by atoms with Crippen molar-refractivity contribution < 1.29 is 24.2 Å². The number of Topliss-reactive ketones (excluding diaryl/α,β-unsaturated/α-hetero) is 1. The number of para-hydroxylation sites is 3. The van der Waals surface area contributed by atoms with Gasteiger partial charge in [-0.2, -0.15) is 0 Å². The van der Waals surface area contributed by atoms with Gasteiger partial charge in [-0.3, -0.25) is 9.59 Å². The van der Waals surface area contributed by atoms with Crippen LogP contribution < -0.4 is 14.4 Å². The van der Waals surface area contributed by atoms with Gasteiger partial charge in [0.05, 0.1) is 25.8 Å². The lowest BCUT2D eigenvalue weighted by Crippen LogP contribution is -2.43. The molecule has 37 heavy (non-hydrogen) atoms. The van der Waals surface area contributed by atoms with E-state index in [1.165, 1.54) is 4.90 Å². The van der Waals surface area contributed by atoms with Crippen LogP contribution in [-0.4, -0.2) is 37.1 Å². The number of hydrogen-bond acceptors (Lipinski definition) is 5. The van der Waals surface area contributed by atoms with Crippen molar-refractivity contribution in [2.45, 2.75) is 12.0 Å². The first-order valence-electron chi connectivity index (χ1n) is 12.1. The predicted molar refractivity (Wildman–Crippen MR) is 142 cm³/mol. The number of fused-ring (bicyclic) bond motifs is 1. The maximum Gasteiger partial charge on any atom is 0.264 e. The fourth-order valence-electron chi connectivity index (χ4n) is 4.70. The first kappa shape index (κ1) is 24.3. The van der Waals surface area contributed by atoms with Gasteiger partial charge >= 0.3 is 0 Å². The molecule has 1 aliphatic rings. The SMILES string of the molecule is COc1ccccc1OCCN1C(=O)[C@@](O)(CC(=O)c2ccc(-c3ccccc3)cc2)c2ccccc21. The Morgan fingerprint density at radius 2 is 1.43 bits per heavy atom. The summed E-state index contributed by atoms with van der Waals surface area (Å²) in [6.45, 7) is 0.390. The lowest BCUT2D eigenvalue weighted by Gasteiger charge is -2.23. The van der Waals surface area contributed by atoms with Crippen molar-refractivity contribution >= 4 is 17.4 Å². The maximum atomic E-state index is 13.5. The van der Waals surface area contributed by atoms with Crippen LogP contribution in [-0.2, 0) is 10.4 Å². The van der Waals surface area contributed by atoms with Crippen molar-refractivity contribution in [3.63, 3.8) is 0 Å². The Hall–Kier alpha value is -4.42. The van der Waals surface area contributed by atoms with Crippen LogP contribution in [0.25, 0.3) is 11.1 Å². The van der Waals surface area contributed by atoms with Crippen molar-refractivity contribution in [3.8, 4) is 22.6 Å². The number of anilines is 1. The van der Waals surface area contributed by atoms with E-state index in [2.05, 4.69) is 0 Å². The Labute approximate surface area is 215 Å². The molecule has 0 aromatic heterocycles. The van der Waals surface area contributed by atoms with Crippen LogP contribution in [0.15, 0.2) is 103 Å². The highest BCUT2D eigenvalue weighted by Crippen LogP contribution is 2.43. The molecule has 0 radical (unpaired) electrons. The predicted octanol–water partition coefficient (Wildman–Crippen LogP) is 5.25. The maximum absolute atomic E-state index is 13.5. The molecule has 0 aliphatic carbocycles. The van der Waals surface area contributed by atoms with Crippen LogP contribution in [0.4, 0.5) is 5.69 Å². The van der Waals surface area contributed by atoms with Crippen LogP contribution in [0.1, 0.15) is 22.3 Å². The quantitative estimate of drug-likeness (QED) is 0.323. The number of nitrogens with zero attached hydrogens (tertiary/aromatic N) is 1. The number of benzene rings is 4. The van der Waals surface area contributed by atoms with E-state index in [0.29, 0.717) is 28.3 Å². The van der Waals surface area contributed by atoms with Gasteiger partial charge in [0.1, 0.15) is 6.61 Å². The van der Waals surface area contributed by atoms with Crippen LogP contribution in [0, 0.1) is 0 Å². The van der Waals surface area contributed by atoms with Crippen LogP contribution in [0.5, 0.6) is 11.5 Å². The summed E-state index contributed by atoms with van der Waals surface area (Å²) in [6.07, 6.45) is -0.350. The molecule has 6 heteroatoms. The first-order valence-corrected chi connectivity index (χ1v) is 12.1. The lowest BCUT2D eigenvalue weighted by molar-refractivity contribution is -0.135. The zero-order chi connectivity index (χ0) is 25.8. The summed E-state index contributed by atoms with van der Waals surface area (Å²) >= 11 is 0. The van der Waals surface area contributed by atoms with Crippen LogP contribution in [0.3, 0.4) is 0 Å². The van der Waals surface area contributed by atoms with Crippen molar-refractivity contribution in [2.24, 2.45) is 0 Å². The van der Waals surface area contributed by atoms with E-state index in [0.717, 1.165) is 11.1 Å². The molecule has 0 spiro atoms. The van der Waals surface area contributed by atoms with E-state index in [9.17, 15) is 14.7 Å². The van der Waals surface area contributed by atoms with E-state index >= 15 is 0 Å². The van der Waals surface area contributed by atoms with Gasteiger partial charge in [-0.15, -0.1) is 0 Å². The van der Waals surface area contributed by atoms with Gasteiger partial charge in [-0.05, 0) is 29.3 Å². The van der Waals surface area contributed by atoms with Gasteiger partial charge < -0.3 is 19.5 Å². The number of ketones is 1. The first-order chi connectivity index (χ1) is 18.0. The zero-order valence-electron chi connectivity index (χ0n) is 20.5. The molecule has 1 atom stereocenters. The van der Waals surface area contributed by atoms with Crippen molar-refractivity contribution in [3.05, 3.63) is 114 Å². The van der Waals surface area contributed by atoms with Gasteiger partial charge in [0.2, 0.25) is 0 Å². The molecule has 6 nitrogen and oxygen atoms in total. The van der Waals surface area contributed by atoms with Crippen molar-refractivity contribution in [1.82, 2.24) is 0 Å². The second-order valence-corrected chi connectivity index (χ2v) is 8.88. The fraction of sp³-hybridized carbons (Fsp3) is 0.161. The normalized spacial score (nSPS) is 16.4. The van der Waals surface area contributed by atoms with Crippen molar-refractivity contribution in [1.29, 1.82) is 0 Å². The molecule has 4 aromatic carbocycles. The zero-order valence-corrected chi connectivity index (χ0v) is 20.5. The molecule has 0 bridgehead atoms. The second-order valence-electron chi connectivity index (χ2n) is 8.88. The highest BCUT2D eigenvalue weighted by atomic mass is 16.5. The smallest absolute Gasteiger partial charge is 0.264 e. The number of rotatable bonds is 9. The topological polar surface area (TPSA) is 76.1 Å². The molecule has 1 aliphatic heterocycles. The number of aliphatic hydroxyl groups is 1. The highest BCUT2D eigenvalue weighted by molar-refractivity contribution is 6.10.